The lowest BCUT2D eigenvalue weighted by Gasteiger charge is -2.12. The second-order valence-electron chi connectivity index (χ2n) is 4.54. The third kappa shape index (κ3) is 3.87. The van der Waals surface area contributed by atoms with Crippen molar-refractivity contribution in [2.24, 2.45) is 0 Å². The molecule has 0 heterocycles. The molecule has 0 atom stereocenters. The van der Waals surface area contributed by atoms with E-state index < -0.39 is 14.9 Å². The Hall–Kier alpha value is -2.08. The Morgan fingerprint density at radius 2 is 1.71 bits per heavy atom. The van der Waals surface area contributed by atoms with Gasteiger partial charge in [-0.05, 0) is 46.9 Å². The number of hydrogen-bond donors (Lipinski definition) is 1. The van der Waals surface area contributed by atoms with E-state index in [1.807, 2.05) is 22.6 Å². The van der Waals surface area contributed by atoms with Crippen LogP contribution in [-0.2, 0) is 10.0 Å². The van der Waals surface area contributed by atoms with Crippen molar-refractivity contribution < 1.29 is 22.8 Å². The van der Waals surface area contributed by atoms with E-state index in [1.165, 1.54) is 44.6 Å². The molecule has 128 valence electrons. The summed E-state index contributed by atoms with van der Waals surface area (Å²) in [5, 5.41) is 10.9. The summed E-state index contributed by atoms with van der Waals surface area (Å²) in [7, 11) is -1.12. The van der Waals surface area contributed by atoms with Gasteiger partial charge in [-0.15, -0.1) is 0 Å². The molecule has 8 nitrogen and oxygen atoms in total. The summed E-state index contributed by atoms with van der Waals surface area (Å²) in [6, 6.07) is 8.01. The van der Waals surface area contributed by atoms with Crippen molar-refractivity contribution in [3.8, 4) is 11.5 Å². The first-order valence-corrected chi connectivity index (χ1v) is 9.03. The van der Waals surface area contributed by atoms with Crippen molar-refractivity contribution in [2.75, 3.05) is 18.9 Å². The van der Waals surface area contributed by atoms with Gasteiger partial charge >= 0.3 is 0 Å². The Kier molecular flexibility index (Phi) is 5.49. The van der Waals surface area contributed by atoms with Gasteiger partial charge in [0.2, 0.25) is 0 Å². The van der Waals surface area contributed by atoms with Gasteiger partial charge in [-0.2, -0.15) is 0 Å². The van der Waals surface area contributed by atoms with E-state index in [-0.39, 0.29) is 22.0 Å². The smallest absolute Gasteiger partial charge is 0.271 e. The molecule has 0 unspecified atom stereocenters. The number of rotatable bonds is 6. The van der Waals surface area contributed by atoms with Crippen LogP contribution in [0.5, 0.6) is 11.5 Å². The topological polar surface area (TPSA) is 108 Å². The molecule has 0 spiro atoms. The van der Waals surface area contributed by atoms with Crippen molar-refractivity contribution in [3.63, 3.8) is 0 Å². The summed E-state index contributed by atoms with van der Waals surface area (Å²) >= 11 is 1.95. The summed E-state index contributed by atoms with van der Waals surface area (Å²) in [4.78, 5) is 10.3. The van der Waals surface area contributed by atoms with Gasteiger partial charge in [0.05, 0.1) is 33.3 Å². The predicted molar refractivity (Wildman–Crippen MR) is 96.2 cm³/mol. The second kappa shape index (κ2) is 7.21. The van der Waals surface area contributed by atoms with Gasteiger partial charge in [0, 0.05) is 12.1 Å². The monoisotopic (exact) mass is 464 g/mol. The molecule has 24 heavy (non-hydrogen) atoms. The van der Waals surface area contributed by atoms with Crippen LogP contribution in [0.1, 0.15) is 0 Å². The third-order valence-electron chi connectivity index (χ3n) is 3.07. The Labute approximate surface area is 152 Å². The number of halogens is 1. The molecule has 0 fully saturated rings. The fraction of sp³-hybridized carbons (Fsp3) is 0.143. The minimum Gasteiger partial charge on any atom is -0.496 e. The molecule has 2 rings (SSSR count). The minimum absolute atomic E-state index is 0.00117. The van der Waals surface area contributed by atoms with E-state index in [1.54, 1.807) is 0 Å². The number of ether oxygens (including phenoxy) is 2. The van der Waals surface area contributed by atoms with Crippen LogP contribution in [0.3, 0.4) is 0 Å². The average molecular weight is 464 g/mol. The normalized spacial score (nSPS) is 11.0. The van der Waals surface area contributed by atoms with Crippen LogP contribution in [-0.4, -0.2) is 27.6 Å². The van der Waals surface area contributed by atoms with Crippen LogP contribution in [0.4, 0.5) is 11.4 Å². The number of nitrogens with zero attached hydrogens (tertiary/aromatic N) is 1. The number of anilines is 1. The number of nitrogens with one attached hydrogen (secondary N) is 1. The Morgan fingerprint density at radius 1 is 1.08 bits per heavy atom. The highest BCUT2D eigenvalue weighted by atomic mass is 127. The molecule has 0 bridgehead atoms. The largest absolute Gasteiger partial charge is 0.496 e. The maximum Gasteiger partial charge on any atom is 0.271 e. The summed E-state index contributed by atoms with van der Waals surface area (Å²) in [6.07, 6.45) is 0. The maximum absolute atomic E-state index is 12.5. The van der Waals surface area contributed by atoms with Crippen molar-refractivity contribution in [1.82, 2.24) is 0 Å². The predicted octanol–water partition coefficient (Wildman–Crippen LogP) is 3.02. The minimum atomic E-state index is -3.95. The quantitative estimate of drug-likeness (QED) is 0.400. The molecular formula is C14H13IN2O6S. The zero-order chi connectivity index (χ0) is 17.9. The fourth-order valence-corrected chi connectivity index (χ4v) is 3.94. The molecule has 0 saturated heterocycles. The molecule has 0 aromatic heterocycles. The first-order valence-electron chi connectivity index (χ1n) is 6.47. The lowest BCUT2D eigenvalue weighted by atomic mass is 10.2. The summed E-state index contributed by atoms with van der Waals surface area (Å²) in [6.45, 7) is 0. The molecule has 2 aromatic carbocycles. The Balaban J connectivity index is 2.43. The summed E-state index contributed by atoms with van der Waals surface area (Å²) < 4.78 is 38.1. The number of nitro groups is 1. The van der Waals surface area contributed by atoms with Crippen molar-refractivity contribution in [1.29, 1.82) is 0 Å². The van der Waals surface area contributed by atoms with Gasteiger partial charge < -0.3 is 9.47 Å². The molecule has 0 aliphatic rings. The lowest BCUT2D eigenvalue weighted by Crippen LogP contribution is -2.14. The van der Waals surface area contributed by atoms with Crippen molar-refractivity contribution in [3.05, 3.63) is 50.1 Å². The van der Waals surface area contributed by atoms with E-state index in [0.29, 0.717) is 9.32 Å². The van der Waals surface area contributed by atoms with Crippen LogP contribution in [0.2, 0.25) is 0 Å². The number of benzene rings is 2. The molecule has 0 aliphatic heterocycles. The number of nitro benzene ring substituents is 1. The van der Waals surface area contributed by atoms with Gasteiger partial charge in [-0.3, -0.25) is 14.8 Å². The van der Waals surface area contributed by atoms with Crippen molar-refractivity contribution in [2.45, 2.75) is 4.90 Å². The first kappa shape index (κ1) is 18.3. The molecule has 0 aliphatic carbocycles. The van der Waals surface area contributed by atoms with Gasteiger partial charge in [-0.1, -0.05) is 0 Å². The van der Waals surface area contributed by atoms with Crippen LogP contribution in [0.15, 0.2) is 41.3 Å². The number of non-ortho nitro benzene ring substituents is 1. The van der Waals surface area contributed by atoms with E-state index in [0.717, 1.165) is 6.07 Å². The second-order valence-corrected chi connectivity index (χ2v) is 7.39. The molecule has 0 amide bonds. The number of methoxy groups -OCH3 is 2. The maximum atomic E-state index is 12.5. The summed E-state index contributed by atoms with van der Waals surface area (Å²) in [5.74, 6) is 0.717. The Morgan fingerprint density at radius 3 is 2.25 bits per heavy atom. The highest BCUT2D eigenvalue weighted by Crippen LogP contribution is 2.31. The van der Waals surface area contributed by atoms with E-state index >= 15 is 0 Å². The third-order valence-corrected chi connectivity index (χ3v) is 5.28. The van der Waals surface area contributed by atoms with Gasteiger partial charge in [0.15, 0.2) is 0 Å². The van der Waals surface area contributed by atoms with Gasteiger partial charge in [-0.25, -0.2) is 8.42 Å². The number of hydrogen-bond acceptors (Lipinski definition) is 6. The van der Waals surface area contributed by atoms with Gasteiger partial charge in [0.25, 0.3) is 15.7 Å². The highest BCUT2D eigenvalue weighted by molar-refractivity contribution is 14.1. The first-order chi connectivity index (χ1) is 11.3. The fourth-order valence-electron chi connectivity index (χ4n) is 1.91. The van der Waals surface area contributed by atoms with Crippen LogP contribution in [0, 0.1) is 13.7 Å². The molecule has 0 radical (unpaired) electrons. The zero-order valence-electron chi connectivity index (χ0n) is 12.6. The Bertz CT molecular complexity index is 885. The van der Waals surface area contributed by atoms with Crippen LogP contribution >= 0.6 is 22.6 Å². The van der Waals surface area contributed by atoms with E-state index in [2.05, 4.69) is 4.72 Å². The highest BCUT2D eigenvalue weighted by Gasteiger charge is 2.20. The molecule has 10 heteroatoms. The molecule has 1 N–H and O–H groups in total. The van der Waals surface area contributed by atoms with Crippen LogP contribution in [0.25, 0.3) is 0 Å². The lowest BCUT2D eigenvalue weighted by molar-refractivity contribution is -0.384. The molecule has 2 aromatic rings. The van der Waals surface area contributed by atoms with Crippen molar-refractivity contribution >= 4 is 44.0 Å². The standard InChI is InChI=1S/C14H13IN2O6S/c1-22-13-6-4-10(8-11(13)15)24(20,21)16-12-7-9(17(18)19)3-5-14(12)23-2/h3-8,16H,1-2H3. The molecule has 0 saturated carbocycles. The van der Waals surface area contributed by atoms with Crippen LogP contribution < -0.4 is 14.2 Å². The zero-order valence-corrected chi connectivity index (χ0v) is 15.6. The van der Waals surface area contributed by atoms with E-state index in [4.69, 9.17) is 9.47 Å². The molecular weight excluding hydrogens is 451 g/mol. The van der Waals surface area contributed by atoms with E-state index in [9.17, 15) is 18.5 Å². The summed E-state index contributed by atoms with van der Waals surface area (Å²) in [5.41, 5.74) is -0.268. The SMILES string of the molecule is COc1ccc(S(=O)(=O)Nc2cc([N+](=O)[O-])ccc2OC)cc1I. The number of sulfonamides is 1. The van der Waals surface area contributed by atoms with Gasteiger partial charge in [0.1, 0.15) is 11.5 Å². The average Bonchev–Trinajstić information content (AvgIpc) is 2.54.